The number of hydrogen-bond donors (Lipinski definition) is 2. The van der Waals surface area contributed by atoms with Crippen molar-refractivity contribution in [2.24, 2.45) is 5.92 Å². The van der Waals surface area contributed by atoms with Gasteiger partial charge in [0.15, 0.2) is 5.76 Å². The summed E-state index contributed by atoms with van der Waals surface area (Å²) in [7, 11) is 0. The van der Waals surface area contributed by atoms with Crippen LogP contribution in [0.3, 0.4) is 0 Å². The van der Waals surface area contributed by atoms with Crippen LogP contribution < -0.4 is 10.6 Å². The summed E-state index contributed by atoms with van der Waals surface area (Å²) in [5.41, 5.74) is 2.10. The molecule has 1 atom stereocenters. The van der Waals surface area contributed by atoms with Crippen molar-refractivity contribution >= 4 is 28.2 Å². The van der Waals surface area contributed by atoms with Crippen LogP contribution in [0.4, 0.5) is 5.00 Å². The molecule has 0 fully saturated rings. The van der Waals surface area contributed by atoms with Crippen molar-refractivity contribution in [1.82, 2.24) is 15.1 Å². The lowest BCUT2D eigenvalue weighted by molar-refractivity contribution is 0.0949. The Morgan fingerprint density at radius 3 is 2.74 bits per heavy atom. The van der Waals surface area contributed by atoms with E-state index < -0.39 is 0 Å². The molecule has 3 aromatic heterocycles. The van der Waals surface area contributed by atoms with E-state index in [4.69, 9.17) is 4.42 Å². The van der Waals surface area contributed by atoms with Crippen LogP contribution in [-0.4, -0.2) is 28.1 Å². The van der Waals surface area contributed by atoms with Crippen LogP contribution in [-0.2, 0) is 6.54 Å². The van der Waals surface area contributed by atoms with Gasteiger partial charge in [-0.05, 0) is 50.1 Å². The first-order chi connectivity index (χ1) is 12.9. The lowest BCUT2D eigenvalue weighted by Crippen LogP contribution is -2.29. The zero-order valence-electron chi connectivity index (χ0n) is 15.5. The van der Waals surface area contributed by atoms with E-state index >= 15 is 0 Å². The smallest absolute Gasteiger partial charge is 0.291 e. The predicted octanol–water partition coefficient (Wildman–Crippen LogP) is 3.47. The van der Waals surface area contributed by atoms with Crippen molar-refractivity contribution in [3.63, 3.8) is 0 Å². The highest BCUT2D eigenvalue weighted by Gasteiger charge is 2.14. The number of nitrogens with one attached hydrogen (secondary N) is 2. The summed E-state index contributed by atoms with van der Waals surface area (Å²) >= 11 is 1.22. The molecule has 0 saturated carbocycles. The highest BCUT2D eigenvalue weighted by molar-refractivity contribution is 7.18. The van der Waals surface area contributed by atoms with Crippen molar-refractivity contribution in [2.45, 2.75) is 27.3 Å². The van der Waals surface area contributed by atoms with Gasteiger partial charge in [-0.25, -0.2) is 0 Å². The molecule has 0 saturated heterocycles. The molecule has 142 valence electrons. The van der Waals surface area contributed by atoms with Crippen molar-refractivity contribution in [3.05, 3.63) is 58.6 Å². The van der Waals surface area contributed by atoms with E-state index in [1.807, 2.05) is 24.6 Å². The molecule has 0 radical (unpaired) electrons. The fourth-order valence-corrected chi connectivity index (χ4v) is 3.50. The molecule has 0 aromatic carbocycles. The zero-order valence-corrected chi connectivity index (χ0v) is 16.3. The van der Waals surface area contributed by atoms with Crippen LogP contribution in [0.15, 0.2) is 41.0 Å². The summed E-state index contributed by atoms with van der Waals surface area (Å²) in [6.45, 7) is 7.35. The molecule has 0 aliphatic heterocycles. The minimum atomic E-state index is -0.340. The van der Waals surface area contributed by atoms with Crippen LogP contribution in [0.2, 0.25) is 0 Å². The maximum absolute atomic E-state index is 12.3. The topological polar surface area (TPSA) is 89.2 Å². The van der Waals surface area contributed by atoms with E-state index in [2.05, 4.69) is 22.7 Å². The average molecular weight is 386 g/mol. The SMILES string of the molecule is Cc1cc(C)n(C[C@@H](C)CNC(=O)c2ccc(NC(=O)c3ccco3)s2)n1. The third-order valence-electron chi connectivity index (χ3n) is 4.01. The number of carbonyl (C=O) groups is 2. The third-order valence-corrected chi connectivity index (χ3v) is 5.01. The maximum atomic E-state index is 12.3. The van der Waals surface area contributed by atoms with E-state index in [9.17, 15) is 9.59 Å². The minimum Gasteiger partial charge on any atom is -0.459 e. The second-order valence-electron chi connectivity index (χ2n) is 6.52. The predicted molar refractivity (Wildman–Crippen MR) is 104 cm³/mol. The molecule has 27 heavy (non-hydrogen) atoms. The Labute approximate surface area is 161 Å². The highest BCUT2D eigenvalue weighted by Crippen LogP contribution is 2.22. The largest absolute Gasteiger partial charge is 0.459 e. The summed E-state index contributed by atoms with van der Waals surface area (Å²) in [5, 5.41) is 10.7. The van der Waals surface area contributed by atoms with Gasteiger partial charge in [0.2, 0.25) is 0 Å². The number of nitrogens with zero attached hydrogens (tertiary/aromatic N) is 2. The first-order valence-corrected chi connectivity index (χ1v) is 9.48. The molecule has 8 heteroatoms. The van der Waals surface area contributed by atoms with E-state index in [1.54, 1.807) is 24.3 Å². The first-order valence-electron chi connectivity index (χ1n) is 8.66. The second kappa shape index (κ2) is 8.22. The molecule has 0 aliphatic rings. The molecule has 0 aliphatic carbocycles. The van der Waals surface area contributed by atoms with Gasteiger partial charge in [0, 0.05) is 18.8 Å². The lowest BCUT2D eigenvalue weighted by atomic mass is 10.2. The number of aryl methyl sites for hydroxylation is 2. The summed E-state index contributed by atoms with van der Waals surface area (Å²) in [6.07, 6.45) is 1.44. The quantitative estimate of drug-likeness (QED) is 0.651. The second-order valence-corrected chi connectivity index (χ2v) is 7.60. The van der Waals surface area contributed by atoms with Gasteiger partial charge in [-0.1, -0.05) is 6.92 Å². The Morgan fingerprint density at radius 1 is 1.26 bits per heavy atom. The number of furan rings is 1. The third kappa shape index (κ3) is 4.85. The number of anilines is 1. The lowest BCUT2D eigenvalue weighted by Gasteiger charge is -2.13. The van der Waals surface area contributed by atoms with Crippen LogP contribution >= 0.6 is 11.3 Å². The van der Waals surface area contributed by atoms with Gasteiger partial charge in [-0.15, -0.1) is 11.3 Å². The number of aromatic nitrogens is 2. The van der Waals surface area contributed by atoms with E-state index in [-0.39, 0.29) is 23.5 Å². The standard InChI is InChI=1S/C19H22N4O3S/c1-12(11-23-14(3)9-13(2)22-23)10-20-19(25)16-6-7-17(27-16)21-18(24)15-5-4-8-26-15/h4-9,12H,10-11H2,1-3H3,(H,20,25)(H,21,24)/t12-/m0/s1. The summed E-state index contributed by atoms with van der Waals surface area (Å²) < 4.78 is 7.01. The fourth-order valence-electron chi connectivity index (χ4n) is 2.68. The van der Waals surface area contributed by atoms with Crippen LogP contribution in [0, 0.1) is 19.8 Å². The first kappa shape index (κ1) is 18.9. The maximum Gasteiger partial charge on any atom is 0.291 e. The molecule has 0 spiro atoms. The molecular weight excluding hydrogens is 364 g/mol. The number of amides is 2. The Hall–Kier alpha value is -2.87. The van der Waals surface area contributed by atoms with Crippen molar-refractivity contribution in [2.75, 3.05) is 11.9 Å². The van der Waals surface area contributed by atoms with Crippen molar-refractivity contribution in [1.29, 1.82) is 0 Å². The number of carbonyl (C=O) groups excluding carboxylic acids is 2. The molecule has 3 aromatic rings. The number of rotatable bonds is 7. The monoisotopic (exact) mass is 386 g/mol. The van der Waals surface area contributed by atoms with Gasteiger partial charge in [-0.3, -0.25) is 14.3 Å². The molecule has 7 nitrogen and oxygen atoms in total. The summed E-state index contributed by atoms with van der Waals surface area (Å²) in [5.74, 6) is -0.0246. The average Bonchev–Trinajstić information content (AvgIpc) is 3.35. The summed E-state index contributed by atoms with van der Waals surface area (Å²) in [6, 6.07) is 8.68. The van der Waals surface area contributed by atoms with Gasteiger partial charge < -0.3 is 15.1 Å². The van der Waals surface area contributed by atoms with Crippen molar-refractivity contribution < 1.29 is 14.0 Å². The minimum absolute atomic E-state index is 0.154. The molecular formula is C19H22N4O3S. The molecule has 2 amide bonds. The van der Waals surface area contributed by atoms with Crippen molar-refractivity contribution in [3.8, 4) is 0 Å². The van der Waals surface area contributed by atoms with Gasteiger partial charge >= 0.3 is 0 Å². The highest BCUT2D eigenvalue weighted by atomic mass is 32.1. The number of hydrogen-bond acceptors (Lipinski definition) is 5. The van der Waals surface area contributed by atoms with E-state index in [1.165, 1.54) is 17.6 Å². The summed E-state index contributed by atoms with van der Waals surface area (Å²) in [4.78, 5) is 24.9. The Morgan fingerprint density at radius 2 is 2.07 bits per heavy atom. The van der Waals surface area contributed by atoms with Crippen LogP contribution in [0.25, 0.3) is 0 Å². The Kier molecular flexibility index (Phi) is 5.75. The molecule has 2 N–H and O–H groups in total. The van der Waals surface area contributed by atoms with Crippen LogP contribution in [0.1, 0.15) is 38.5 Å². The van der Waals surface area contributed by atoms with Gasteiger partial charge in [0.1, 0.15) is 0 Å². The van der Waals surface area contributed by atoms with Gasteiger partial charge in [0.25, 0.3) is 11.8 Å². The zero-order chi connectivity index (χ0) is 19.4. The fraction of sp³-hybridized carbons (Fsp3) is 0.316. The molecule has 3 heterocycles. The molecule has 0 unspecified atom stereocenters. The molecule has 3 rings (SSSR count). The van der Waals surface area contributed by atoms with Crippen LogP contribution in [0.5, 0.6) is 0 Å². The van der Waals surface area contributed by atoms with Gasteiger partial charge in [-0.2, -0.15) is 5.10 Å². The normalized spacial score (nSPS) is 12.0. The van der Waals surface area contributed by atoms with E-state index in [0.29, 0.717) is 16.4 Å². The Balaban J connectivity index is 1.50. The number of thiophene rings is 1. The Bertz CT molecular complexity index is 927. The molecule has 0 bridgehead atoms. The van der Waals surface area contributed by atoms with Gasteiger partial charge in [0.05, 0.1) is 21.8 Å². The van der Waals surface area contributed by atoms with E-state index in [0.717, 1.165) is 17.9 Å².